The molecule has 172 valence electrons. The smallest absolute Gasteiger partial charge is 0.368 e. The molecule has 8 nitrogen and oxygen atoms in total. The average Bonchev–Trinajstić information content (AvgIpc) is 3.29. The molecule has 0 aliphatic carbocycles. The summed E-state index contributed by atoms with van der Waals surface area (Å²) in [4.78, 5) is 12.4. The predicted molar refractivity (Wildman–Crippen MR) is 130 cm³/mol. The molecular formula is C24H28N6O2S. The van der Waals surface area contributed by atoms with Crippen molar-refractivity contribution in [1.29, 1.82) is 0 Å². The van der Waals surface area contributed by atoms with Gasteiger partial charge in [-0.25, -0.2) is 4.79 Å². The van der Waals surface area contributed by atoms with E-state index < -0.39 is 0 Å². The summed E-state index contributed by atoms with van der Waals surface area (Å²) in [5, 5.41) is 13.7. The third kappa shape index (κ3) is 4.20. The summed E-state index contributed by atoms with van der Waals surface area (Å²) >= 11 is 1.70. The molecule has 0 spiro atoms. The molecule has 0 aliphatic rings. The Morgan fingerprint density at radius 2 is 1.85 bits per heavy atom. The summed E-state index contributed by atoms with van der Waals surface area (Å²) in [6, 6.07) is 12.0. The Morgan fingerprint density at radius 1 is 1.06 bits per heavy atom. The molecule has 4 rings (SSSR count). The molecule has 0 aliphatic heterocycles. The van der Waals surface area contributed by atoms with Crippen molar-refractivity contribution in [1.82, 2.24) is 29.6 Å². The van der Waals surface area contributed by atoms with Gasteiger partial charge < -0.3 is 4.74 Å². The number of nitrogens with zero attached hydrogens (tertiary/aromatic N) is 6. The monoisotopic (exact) mass is 464 g/mol. The van der Waals surface area contributed by atoms with Crippen LogP contribution in [0.2, 0.25) is 0 Å². The second-order valence-electron chi connectivity index (χ2n) is 7.94. The van der Waals surface area contributed by atoms with Gasteiger partial charge in [-0.2, -0.15) is 14.5 Å². The Labute approximate surface area is 197 Å². The summed E-state index contributed by atoms with van der Waals surface area (Å²) in [6.07, 6.45) is 2.88. The van der Waals surface area contributed by atoms with Crippen molar-refractivity contribution in [3.63, 3.8) is 0 Å². The molecule has 0 saturated heterocycles. The second kappa shape index (κ2) is 9.27. The maximum atomic E-state index is 12.4. The fourth-order valence-corrected chi connectivity index (χ4v) is 4.77. The number of aryl methyl sites for hydroxylation is 4. The van der Waals surface area contributed by atoms with Gasteiger partial charge in [-0.15, -0.1) is 11.8 Å². The minimum Gasteiger partial charge on any atom is -0.489 e. The number of hydrogen-bond acceptors (Lipinski definition) is 6. The first-order chi connectivity index (χ1) is 15.8. The van der Waals surface area contributed by atoms with Crippen LogP contribution in [0.25, 0.3) is 16.9 Å². The van der Waals surface area contributed by atoms with Crippen molar-refractivity contribution < 1.29 is 4.74 Å². The highest BCUT2D eigenvalue weighted by molar-refractivity contribution is 7.98. The molecule has 0 saturated carbocycles. The van der Waals surface area contributed by atoms with Crippen molar-refractivity contribution in [2.75, 3.05) is 6.26 Å². The van der Waals surface area contributed by atoms with Crippen LogP contribution in [0.3, 0.4) is 0 Å². The van der Waals surface area contributed by atoms with Crippen molar-refractivity contribution in [3.05, 3.63) is 69.1 Å². The van der Waals surface area contributed by atoms with E-state index in [0.29, 0.717) is 12.3 Å². The zero-order valence-corrected chi connectivity index (χ0v) is 20.6. The fourth-order valence-electron chi connectivity index (χ4n) is 4.06. The Morgan fingerprint density at radius 3 is 2.45 bits per heavy atom. The lowest BCUT2D eigenvalue weighted by Crippen LogP contribution is -2.23. The van der Waals surface area contributed by atoms with Gasteiger partial charge in [0.2, 0.25) is 0 Å². The van der Waals surface area contributed by atoms with Gasteiger partial charge in [-0.3, -0.25) is 4.68 Å². The van der Waals surface area contributed by atoms with Gasteiger partial charge in [0, 0.05) is 30.8 Å². The fraction of sp³-hybridized carbons (Fsp3) is 0.333. The molecule has 2 heterocycles. The van der Waals surface area contributed by atoms with Crippen LogP contribution in [-0.4, -0.2) is 35.8 Å². The highest BCUT2D eigenvalue weighted by Crippen LogP contribution is 2.32. The van der Waals surface area contributed by atoms with Crippen molar-refractivity contribution in [2.24, 2.45) is 14.1 Å². The summed E-state index contributed by atoms with van der Waals surface area (Å²) in [5.74, 6) is 0.792. The molecule has 0 unspecified atom stereocenters. The lowest BCUT2D eigenvalue weighted by atomic mass is 10.0. The molecule has 0 atom stereocenters. The van der Waals surface area contributed by atoms with Gasteiger partial charge >= 0.3 is 5.69 Å². The number of tetrazole rings is 1. The summed E-state index contributed by atoms with van der Waals surface area (Å²) in [5.41, 5.74) is 6.68. The van der Waals surface area contributed by atoms with E-state index in [2.05, 4.69) is 36.6 Å². The van der Waals surface area contributed by atoms with Crippen LogP contribution in [0.4, 0.5) is 0 Å². The van der Waals surface area contributed by atoms with Crippen molar-refractivity contribution in [2.45, 2.75) is 38.8 Å². The highest BCUT2D eigenvalue weighted by Gasteiger charge is 2.17. The van der Waals surface area contributed by atoms with E-state index in [0.717, 1.165) is 45.1 Å². The van der Waals surface area contributed by atoms with Gasteiger partial charge in [0.25, 0.3) is 0 Å². The minimum absolute atomic E-state index is 0.291. The Bertz CT molecular complexity index is 1370. The van der Waals surface area contributed by atoms with E-state index in [-0.39, 0.29) is 5.69 Å². The summed E-state index contributed by atoms with van der Waals surface area (Å²) in [7, 11) is 3.56. The van der Waals surface area contributed by atoms with Crippen LogP contribution in [0.1, 0.15) is 29.2 Å². The first kappa shape index (κ1) is 22.8. The number of rotatable bonds is 7. The van der Waals surface area contributed by atoms with Gasteiger partial charge in [-0.1, -0.05) is 19.1 Å². The number of hydrogen-bond donors (Lipinski definition) is 0. The molecule has 4 aromatic rings. The second-order valence-corrected chi connectivity index (χ2v) is 8.74. The lowest BCUT2D eigenvalue weighted by Gasteiger charge is -2.15. The summed E-state index contributed by atoms with van der Waals surface area (Å²) < 4.78 is 10.7. The zero-order chi connectivity index (χ0) is 23.7. The van der Waals surface area contributed by atoms with Crippen LogP contribution < -0.4 is 10.4 Å². The van der Waals surface area contributed by atoms with Crippen LogP contribution in [0, 0.1) is 13.8 Å². The molecule has 0 bridgehead atoms. The van der Waals surface area contributed by atoms with Gasteiger partial charge in [-0.05, 0) is 72.3 Å². The van der Waals surface area contributed by atoms with Gasteiger partial charge in [0.1, 0.15) is 12.4 Å². The SMILES string of the molecule is CCc1cccc(-n2nnn(C)c2=O)c1COc1ccc(-c2nn(C)c(SC)c2C)cc1C. The number of thioether (sulfide) groups is 1. The molecule has 2 aromatic carbocycles. The van der Waals surface area contributed by atoms with E-state index in [4.69, 9.17) is 9.84 Å². The normalized spacial score (nSPS) is 11.2. The van der Waals surface area contributed by atoms with Crippen LogP contribution in [0.5, 0.6) is 5.75 Å². The van der Waals surface area contributed by atoms with E-state index in [9.17, 15) is 4.79 Å². The zero-order valence-electron chi connectivity index (χ0n) is 19.8. The topological polar surface area (TPSA) is 79.8 Å². The third-order valence-electron chi connectivity index (χ3n) is 5.81. The lowest BCUT2D eigenvalue weighted by molar-refractivity contribution is 0.302. The van der Waals surface area contributed by atoms with Gasteiger partial charge in [0.05, 0.1) is 16.4 Å². The first-order valence-corrected chi connectivity index (χ1v) is 12.0. The number of benzene rings is 2. The van der Waals surface area contributed by atoms with Crippen LogP contribution >= 0.6 is 11.8 Å². The number of ether oxygens (including phenoxy) is 1. The molecule has 2 aromatic heterocycles. The summed E-state index contributed by atoms with van der Waals surface area (Å²) in [6.45, 7) is 6.54. The minimum atomic E-state index is -0.291. The van der Waals surface area contributed by atoms with E-state index >= 15 is 0 Å². The van der Waals surface area contributed by atoms with E-state index in [1.807, 2.05) is 49.0 Å². The standard InChI is InChI=1S/C24H28N6O2S/c1-7-17-9-8-10-20(30-24(31)29(5)26-27-30)19(17)14-32-21-12-11-18(13-15(21)2)22-16(3)23(33-6)28(4)25-22/h8-13H,7,14H2,1-6H3. The quantitative estimate of drug-likeness (QED) is 0.387. The van der Waals surface area contributed by atoms with Crippen molar-refractivity contribution >= 4 is 11.8 Å². The molecule has 33 heavy (non-hydrogen) atoms. The van der Waals surface area contributed by atoms with Gasteiger partial charge in [0.15, 0.2) is 0 Å². The highest BCUT2D eigenvalue weighted by atomic mass is 32.2. The van der Waals surface area contributed by atoms with Crippen molar-refractivity contribution in [3.8, 4) is 22.7 Å². The van der Waals surface area contributed by atoms with E-state index in [1.54, 1.807) is 18.8 Å². The Hall–Kier alpha value is -3.33. The molecule has 0 N–H and O–H groups in total. The molecule has 0 amide bonds. The Balaban J connectivity index is 1.64. The number of aromatic nitrogens is 6. The van der Waals surface area contributed by atoms with Crippen LogP contribution in [-0.2, 0) is 27.1 Å². The molecule has 0 fully saturated rings. The predicted octanol–water partition coefficient (Wildman–Crippen LogP) is 3.85. The molecular weight excluding hydrogens is 436 g/mol. The largest absolute Gasteiger partial charge is 0.489 e. The molecule has 9 heteroatoms. The molecule has 0 radical (unpaired) electrons. The Kier molecular flexibility index (Phi) is 6.42. The van der Waals surface area contributed by atoms with Crippen LogP contribution in [0.15, 0.2) is 46.2 Å². The van der Waals surface area contributed by atoms with E-state index in [1.165, 1.54) is 14.9 Å². The maximum absolute atomic E-state index is 12.4. The average molecular weight is 465 g/mol. The maximum Gasteiger partial charge on any atom is 0.368 e. The third-order valence-corrected chi connectivity index (χ3v) is 6.77. The first-order valence-electron chi connectivity index (χ1n) is 10.8.